The van der Waals surface area contributed by atoms with E-state index in [1.165, 1.54) is 0 Å². The molecule has 0 saturated heterocycles. The van der Waals surface area contributed by atoms with Gasteiger partial charge in [-0.3, -0.25) is 9.48 Å². The molecule has 0 aliphatic carbocycles. The zero-order valence-electron chi connectivity index (χ0n) is 11.3. The highest BCUT2D eigenvalue weighted by molar-refractivity contribution is 5.93. The minimum absolute atomic E-state index is 0.130. The number of benzene rings is 1. The summed E-state index contributed by atoms with van der Waals surface area (Å²) in [6, 6.07) is 7.51. The third-order valence-electron chi connectivity index (χ3n) is 3.19. The number of anilines is 1. The molecule has 0 spiro atoms. The van der Waals surface area contributed by atoms with Crippen molar-refractivity contribution in [2.45, 2.75) is 19.9 Å². The van der Waals surface area contributed by atoms with Gasteiger partial charge < -0.3 is 11.1 Å². The van der Waals surface area contributed by atoms with E-state index in [0.29, 0.717) is 5.56 Å². The van der Waals surface area contributed by atoms with Crippen molar-refractivity contribution in [3.05, 3.63) is 47.3 Å². The molecule has 1 unspecified atom stereocenters. The average molecular weight is 258 g/mol. The molecule has 3 N–H and O–H groups in total. The fourth-order valence-corrected chi connectivity index (χ4v) is 2.09. The topological polar surface area (TPSA) is 72.9 Å². The molecule has 1 amide bonds. The predicted molar refractivity (Wildman–Crippen MR) is 74.9 cm³/mol. The highest BCUT2D eigenvalue weighted by Gasteiger charge is 2.11. The van der Waals surface area contributed by atoms with Crippen molar-refractivity contribution in [1.29, 1.82) is 0 Å². The van der Waals surface area contributed by atoms with Gasteiger partial charge in [0, 0.05) is 24.5 Å². The lowest BCUT2D eigenvalue weighted by Crippen LogP contribution is -2.14. The summed E-state index contributed by atoms with van der Waals surface area (Å²) < 4.78 is 1.84. The average Bonchev–Trinajstić information content (AvgIpc) is 2.77. The summed E-state index contributed by atoms with van der Waals surface area (Å²) in [5.74, 6) is -0.408. The number of nitrogens with two attached hydrogens (primary N) is 1. The number of aromatic nitrogens is 2. The quantitative estimate of drug-likeness (QED) is 0.881. The highest BCUT2D eigenvalue weighted by Crippen LogP contribution is 2.22. The van der Waals surface area contributed by atoms with Gasteiger partial charge in [-0.1, -0.05) is 0 Å². The summed E-state index contributed by atoms with van der Waals surface area (Å²) in [4.78, 5) is 11.1. The molecular weight excluding hydrogens is 240 g/mol. The van der Waals surface area contributed by atoms with Crippen LogP contribution < -0.4 is 11.1 Å². The first kappa shape index (κ1) is 13.1. The summed E-state index contributed by atoms with van der Waals surface area (Å²) in [5.41, 5.74) is 8.86. The van der Waals surface area contributed by atoms with Gasteiger partial charge in [0.25, 0.3) is 0 Å². The van der Waals surface area contributed by atoms with E-state index >= 15 is 0 Å². The van der Waals surface area contributed by atoms with Crippen molar-refractivity contribution >= 4 is 11.6 Å². The second-order valence-electron chi connectivity index (χ2n) is 4.64. The van der Waals surface area contributed by atoms with Gasteiger partial charge in [-0.15, -0.1) is 0 Å². The number of hydrogen-bond acceptors (Lipinski definition) is 3. The van der Waals surface area contributed by atoms with Crippen molar-refractivity contribution in [3.8, 4) is 0 Å². The van der Waals surface area contributed by atoms with E-state index in [0.717, 1.165) is 16.9 Å². The maximum Gasteiger partial charge on any atom is 0.248 e. The van der Waals surface area contributed by atoms with E-state index in [-0.39, 0.29) is 6.04 Å². The van der Waals surface area contributed by atoms with Gasteiger partial charge in [0.2, 0.25) is 5.91 Å². The van der Waals surface area contributed by atoms with Gasteiger partial charge in [0.05, 0.1) is 11.7 Å². The second-order valence-corrected chi connectivity index (χ2v) is 4.64. The molecular formula is C14H18N4O. The Balaban J connectivity index is 2.20. The number of nitrogens with zero attached hydrogens (tertiary/aromatic N) is 2. The monoisotopic (exact) mass is 258 g/mol. The molecule has 0 saturated carbocycles. The van der Waals surface area contributed by atoms with E-state index in [4.69, 9.17) is 5.73 Å². The molecule has 19 heavy (non-hydrogen) atoms. The molecule has 0 aliphatic rings. The third-order valence-corrected chi connectivity index (χ3v) is 3.19. The molecule has 2 aromatic rings. The van der Waals surface area contributed by atoms with Crippen LogP contribution in [-0.4, -0.2) is 15.7 Å². The number of carbonyl (C=O) groups excluding carboxylic acids is 1. The fraction of sp³-hybridized carbons (Fsp3) is 0.286. The predicted octanol–water partition coefficient (Wildman–Crippen LogP) is 2.00. The number of rotatable bonds is 4. The Morgan fingerprint density at radius 3 is 2.68 bits per heavy atom. The van der Waals surface area contributed by atoms with E-state index in [1.807, 2.05) is 30.8 Å². The van der Waals surface area contributed by atoms with Crippen LogP contribution in [0.4, 0.5) is 5.69 Å². The van der Waals surface area contributed by atoms with E-state index < -0.39 is 5.91 Å². The molecule has 100 valence electrons. The van der Waals surface area contributed by atoms with Crippen LogP contribution in [0.3, 0.4) is 0 Å². The Bertz CT molecular complexity index is 603. The van der Waals surface area contributed by atoms with E-state index in [2.05, 4.69) is 17.3 Å². The highest BCUT2D eigenvalue weighted by atomic mass is 16.1. The Labute approximate surface area is 112 Å². The largest absolute Gasteiger partial charge is 0.377 e. The first-order valence-corrected chi connectivity index (χ1v) is 6.14. The summed E-state index contributed by atoms with van der Waals surface area (Å²) in [6.45, 7) is 4.02. The first-order chi connectivity index (χ1) is 8.99. The lowest BCUT2D eigenvalue weighted by atomic mass is 10.1. The van der Waals surface area contributed by atoms with Crippen molar-refractivity contribution in [1.82, 2.24) is 9.78 Å². The standard InChI is InChI=1S/C14H18N4O/c1-9-8-11(14(15)19)4-5-12(9)17-10(2)13-6-7-16-18(13)3/h4-8,10,17H,1-3H3,(H2,15,19). The van der Waals surface area contributed by atoms with E-state index in [1.54, 1.807) is 18.3 Å². The van der Waals surface area contributed by atoms with Crippen LogP contribution in [0.5, 0.6) is 0 Å². The van der Waals surface area contributed by atoms with Gasteiger partial charge in [0.1, 0.15) is 0 Å². The minimum Gasteiger partial charge on any atom is -0.377 e. The zero-order chi connectivity index (χ0) is 14.0. The molecule has 1 heterocycles. The second kappa shape index (κ2) is 5.14. The number of carbonyl (C=O) groups is 1. The third kappa shape index (κ3) is 2.76. The Kier molecular flexibility index (Phi) is 3.55. The molecule has 1 aromatic carbocycles. The van der Waals surface area contributed by atoms with Gasteiger partial charge in [-0.25, -0.2) is 0 Å². The molecule has 0 radical (unpaired) electrons. The molecule has 0 bridgehead atoms. The van der Waals surface area contributed by atoms with Gasteiger partial charge in [0.15, 0.2) is 0 Å². The van der Waals surface area contributed by atoms with Gasteiger partial charge in [-0.05, 0) is 43.7 Å². The van der Waals surface area contributed by atoms with Crippen LogP contribution in [0.25, 0.3) is 0 Å². The fourth-order valence-electron chi connectivity index (χ4n) is 2.09. The van der Waals surface area contributed by atoms with Crippen molar-refractivity contribution in [2.75, 3.05) is 5.32 Å². The number of aryl methyl sites for hydroxylation is 2. The lowest BCUT2D eigenvalue weighted by molar-refractivity contribution is 0.1000. The van der Waals surface area contributed by atoms with E-state index in [9.17, 15) is 4.79 Å². The van der Waals surface area contributed by atoms with Gasteiger partial charge >= 0.3 is 0 Å². The Hall–Kier alpha value is -2.30. The zero-order valence-corrected chi connectivity index (χ0v) is 11.3. The molecule has 2 rings (SSSR count). The number of primary amides is 1. The van der Waals surface area contributed by atoms with Crippen LogP contribution in [0, 0.1) is 6.92 Å². The molecule has 0 fully saturated rings. The molecule has 0 aliphatic heterocycles. The summed E-state index contributed by atoms with van der Waals surface area (Å²) >= 11 is 0. The van der Waals surface area contributed by atoms with Crippen molar-refractivity contribution in [3.63, 3.8) is 0 Å². The maximum absolute atomic E-state index is 11.1. The van der Waals surface area contributed by atoms with Crippen LogP contribution in [0.2, 0.25) is 0 Å². The van der Waals surface area contributed by atoms with Crippen LogP contribution in [0.15, 0.2) is 30.5 Å². The summed E-state index contributed by atoms with van der Waals surface area (Å²) in [6.07, 6.45) is 1.77. The van der Waals surface area contributed by atoms with Crippen molar-refractivity contribution in [2.24, 2.45) is 12.8 Å². The summed E-state index contributed by atoms with van der Waals surface area (Å²) in [5, 5.41) is 7.56. The minimum atomic E-state index is -0.408. The Morgan fingerprint density at radius 1 is 1.42 bits per heavy atom. The first-order valence-electron chi connectivity index (χ1n) is 6.14. The van der Waals surface area contributed by atoms with Crippen LogP contribution >= 0.6 is 0 Å². The number of amides is 1. The summed E-state index contributed by atoms with van der Waals surface area (Å²) in [7, 11) is 1.91. The maximum atomic E-state index is 11.1. The Morgan fingerprint density at radius 2 is 2.16 bits per heavy atom. The normalized spacial score (nSPS) is 12.2. The molecule has 5 nitrogen and oxygen atoms in total. The van der Waals surface area contributed by atoms with Crippen molar-refractivity contribution < 1.29 is 4.79 Å². The molecule has 5 heteroatoms. The van der Waals surface area contributed by atoms with Crippen LogP contribution in [-0.2, 0) is 7.05 Å². The van der Waals surface area contributed by atoms with Gasteiger partial charge in [-0.2, -0.15) is 5.10 Å². The number of hydrogen-bond donors (Lipinski definition) is 2. The number of nitrogens with one attached hydrogen (secondary N) is 1. The molecule has 1 aromatic heterocycles. The molecule has 1 atom stereocenters. The smallest absolute Gasteiger partial charge is 0.248 e. The van der Waals surface area contributed by atoms with Crippen LogP contribution in [0.1, 0.15) is 34.6 Å². The lowest BCUT2D eigenvalue weighted by Gasteiger charge is -2.17. The SMILES string of the molecule is Cc1cc(C(N)=O)ccc1NC(C)c1ccnn1C.